The monoisotopic (exact) mass is 940 g/mol. The Balaban J connectivity index is 2.80. The zero-order valence-electron chi connectivity index (χ0n) is 36.0. The number of hydrogen-bond donors (Lipinski definition) is 8. The van der Waals surface area contributed by atoms with Crippen LogP contribution in [-0.4, -0.2) is 108 Å². The summed E-state index contributed by atoms with van der Waals surface area (Å²) in [6, 6.07) is 0. The van der Waals surface area contributed by atoms with Crippen molar-refractivity contribution >= 4 is 35.4 Å². The number of aliphatic hydroxyl groups excluding tert-OH is 3. The zero-order valence-corrected chi connectivity index (χ0v) is 38.7. The third kappa shape index (κ3) is 29.1. The molecule has 0 bridgehead atoms. The van der Waals surface area contributed by atoms with Crippen molar-refractivity contribution in [2.24, 2.45) is 0 Å². The summed E-state index contributed by atoms with van der Waals surface area (Å²) in [6.07, 6.45) is 11.2. The molecule has 0 aliphatic heterocycles. The molecule has 8 N–H and O–H groups in total. The van der Waals surface area contributed by atoms with E-state index in [1.54, 1.807) is 0 Å². The first-order chi connectivity index (χ1) is 28.8. The molecular weight excluding hydrogens is 865 g/mol. The summed E-state index contributed by atoms with van der Waals surface area (Å²) in [5.74, 6) is -1.31. The van der Waals surface area contributed by atoms with E-state index < -0.39 is 91.3 Å². The topological polar surface area (TPSA) is 303 Å². The lowest BCUT2D eigenvalue weighted by molar-refractivity contribution is -0.213. The normalized spacial score (nSPS) is 22.6. The molecule has 0 radical (unpaired) electrons. The predicted octanol–water partition coefficient (Wildman–Crippen LogP) is 6.95. The van der Waals surface area contributed by atoms with Crippen LogP contribution in [0.15, 0.2) is 12.2 Å². The molecule has 1 rings (SSSR count). The van der Waals surface area contributed by atoms with Crippen molar-refractivity contribution < 1.29 is 90.6 Å². The van der Waals surface area contributed by atoms with Gasteiger partial charge in [-0.1, -0.05) is 129 Å². The minimum atomic E-state index is -5.59. The van der Waals surface area contributed by atoms with Crippen LogP contribution in [0.2, 0.25) is 0 Å². The average Bonchev–Trinajstić information content (AvgIpc) is 3.18. The molecule has 19 nitrogen and oxygen atoms in total. The van der Waals surface area contributed by atoms with Gasteiger partial charge >= 0.3 is 35.4 Å². The Hall–Kier alpha value is -1.11. The highest BCUT2D eigenvalue weighted by atomic mass is 31.2. The van der Waals surface area contributed by atoms with Crippen LogP contribution in [-0.2, 0) is 50.9 Å². The lowest BCUT2D eigenvalue weighted by Crippen LogP contribution is -2.65. The summed E-state index contributed by atoms with van der Waals surface area (Å²) in [4.78, 5) is 72.9. The Kier molecular flexibility index (Phi) is 30.9. The smallest absolute Gasteiger partial charge is 0.462 e. The van der Waals surface area contributed by atoms with Gasteiger partial charge in [-0.2, -0.15) is 0 Å². The Morgan fingerprint density at radius 1 is 0.508 bits per heavy atom. The second-order valence-corrected chi connectivity index (χ2v) is 19.4. The van der Waals surface area contributed by atoms with E-state index >= 15 is 0 Å². The van der Waals surface area contributed by atoms with Crippen molar-refractivity contribution in [1.29, 1.82) is 0 Å². The Bertz CT molecular complexity index is 1360. The second-order valence-electron chi connectivity index (χ2n) is 15.6. The van der Waals surface area contributed by atoms with Gasteiger partial charge in [0.1, 0.15) is 43.2 Å². The fourth-order valence-electron chi connectivity index (χ4n) is 6.75. The SMILES string of the molecule is CCCCCCC/C=C\CCCCCCC(=O)O[C@@H](COC(=O)CCCCCCCCCCCCC)COP(=O)(O)O[C@@H]1[C@H](O)[C@H](O)[C@@H](OP(=O)(O)O)[C@H](OP(=O)(O)O)[C@H]1O. The lowest BCUT2D eigenvalue weighted by atomic mass is 9.85. The van der Waals surface area contributed by atoms with Crippen molar-refractivity contribution in [3.63, 3.8) is 0 Å². The number of phosphoric ester groups is 3. The molecule has 22 heteroatoms. The van der Waals surface area contributed by atoms with E-state index in [0.29, 0.717) is 12.8 Å². The first kappa shape index (κ1) is 57.9. The van der Waals surface area contributed by atoms with Crippen molar-refractivity contribution in [2.75, 3.05) is 13.2 Å². The fourth-order valence-corrected chi connectivity index (χ4v) is 8.85. The standard InChI is InChI=1S/C39H75O19P3/c1-3-5-7-9-11-13-15-16-18-20-22-24-26-28-33(41)55-31(29-53-32(40)27-25-23-21-19-17-14-12-10-8-6-4-2)30-54-61(51,52)58-37-34(42)35(43)38(56-59(45,46)47)39(36(37)44)57-60(48,49)50/h15-16,31,34-39,42-44H,3-14,17-30H2,1-2H3,(H,51,52)(H2,45,46,47)(H2,48,49,50)/b16-15-/t31-,34+,35-,36-,37+,38+,39+/m0/s1. The molecule has 61 heavy (non-hydrogen) atoms. The molecule has 0 spiro atoms. The fraction of sp³-hybridized carbons (Fsp3) is 0.897. The summed E-state index contributed by atoms with van der Waals surface area (Å²) in [5.41, 5.74) is 0. The molecule has 0 aromatic carbocycles. The molecular formula is C39H75O19P3. The molecule has 1 saturated carbocycles. The third-order valence-corrected chi connectivity index (χ3v) is 12.1. The first-order valence-corrected chi connectivity index (χ1v) is 26.5. The molecule has 0 heterocycles. The van der Waals surface area contributed by atoms with Crippen molar-refractivity contribution in [1.82, 2.24) is 0 Å². The third-order valence-electron chi connectivity index (χ3n) is 10.1. The van der Waals surface area contributed by atoms with E-state index in [1.165, 1.54) is 70.6 Å². The Morgan fingerprint density at radius 3 is 1.36 bits per heavy atom. The minimum absolute atomic E-state index is 0.0127. The van der Waals surface area contributed by atoms with Gasteiger partial charge in [-0.05, 0) is 38.5 Å². The summed E-state index contributed by atoms with van der Waals surface area (Å²) >= 11 is 0. The van der Waals surface area contributed by atoms with Gasteiger partial charge in [0.15, 0.2) is 6.10 Å². The Labute approximate surface area is 361 Å². The number of hydrogen-bond acceptors (Lipinski definition) is 14. The number of esters is 2. The number of ether oxygens (including phenoxy) is 2. The van der Waals surface area contributed by atoms with Crippen LogP contribution < -0.4 is 0 Å². The van der Waals surface area contributed by atoms with Crippen LogP contribution in [0.5, 0.6) is 0 Å². The van der Waals surface area contributed by atoms with E-state index in [0.717, 1.165) is 57.8 Å². The number of rotatable bonds is 37. The number of allylic oxidation sites excluding steroid dienone is 2. The van der Waals surface area contributed by atoms with Crippen LogP contribution >= 0.6 is 23.5 Å². The average molecular weight is 941 g/mol. The van der Waals surface area contributed by atoms with Gasteiger partial charge in [-0.3, -0.25) is 27.7 Å². The van der Waals surface area contributed by atoms with Crippen molar-refractivity contribution in [3.8, 4) is 0 Å². The summed E-state index contributed by atoms with van der Waals surface area (Å²) in [7, 11) is -16.6. The largest absolute Gasteiger partial charge is 0.472 e. The van der Waals surface area contributed by atoms with Crippen LogP contribution in [0.1, 0.15) is 168 Å². The van der Waals surface area contributed by atoms with E-state index in [-0.39, 0.29) is 12.8 Å². The first-order valence-electron chi connectivity index (χ1n) is 22.0. The number of carbonyl (C=O) groups is 2. The van der Waals surface area contributed by atoms with Crippen LogP contribution in [0.3, 0.4) is 0 Å². The molecule has 0 amide bonds. The maximum absolute atomic E-state index is 13.1. The van der Waals surface area contributed by atoms with Crippen LogP contribution in [0.25, 0.3) is 0 Å². The zero-order chi connectivity index (χ0) is 45.7. The van der Waals surface area contributed by atoms with E-state index in [2.05, 4.69) is 35.0 Å². The van der Waals surface area contributed by atoms with Gasteiger partial charge in [-0.25, -0.2) is 13.7 Å². The van der Waals surface area contributed by atoms with Gasteiger partial charge in [0, 0.05) is 12.8 Å². The summed E-state index contributed by atoms with van der Waals surface area (Å²) in [5, 5.41) is 31.8. The number of phosphoric acid groups is 3. The number of aliphatic hydroxyl groups is 3. The maximum atomic E-state index is 13.1. The molecule has 1 aliphatic carbocycles. The van der Waals surface area contributed by atoms with Crippen LogP contribution in [0, 0.1) is 0 Å². The van der Waals surface area contributed by atoms with E-state index in [4.69, 9.17) is 18.5 Å². The maximum Gasteiger partial charge on any atom is 0.472 e. The van der Waals surface area contributed by atoms with Gasteiger partial charge < -0.3 is 49.3 Å². The summed E-state index contributed by atoms with van der Waals surface area (Å²) in [6.45, 7) is 2.89. The molecule has 0 aromatic heterocycles. The molecule has 1 aliphatic rings. The van der Waals surface area contributed by atoms with E-state index in [9.17, 15) is 63.1 Å². The lowest BCUT2D eigenvalue weighted by Gasteiger charge is -2.44. The molecule has 1 unspecified atom stereocenters. The molecule has 8 atom stereocenters. The van der Waals surface area contributed by atoms with Gasteiger partial charge in [0.05, 0.1) is 6.61 Å². The predicted molar refractivity (Wildman–Crippen MR) is 225 cm³/mol. The molecule has 1 fully saturated rings. The van der Waals surface area contributed by atoms with Crippen molar-refractivity contribution in [2.45, 2.75) is 211 Å². The quantitative estimate of drug-likeness (QED) is 0.0135. The molecule has 0 saturated heterocycles. The highest BCUT2D eigenvalue weighted by Crippen LogP contribution is 2.51. The van der Waals surface area contributed by atoms with Gasteiger partial charge in [0.2, 0.25) is 0 Å². The molecule has 0 aromatic rings. The highest BCUT2D eigenvalue weighted by Gasteiger charge is 2.56. The van der Waals surface area contributed by atoms with Crippen LogP contribution in [0.4, 0.5) is 0 Å². The van der Waals surface area contributed by atoms with Crippen molar-refractivity contribution in [3.05, 3.63) is 12.2 Å². The Morgan fingerprint density at radius 2 is 0.902 bits per heavy atom. The van der Waals surface area contributed by atoms with Gasteiger partial charge in [-0.15, -0.1) is 0 Å². The summed E-state index contributed by atoms with van der Waals surface area (Å²) < 4.78 is 65.2. The van der Waals surface area contributed by atoms with E-state index in [1.807, 2.05) is 0 Å². The molecule has 360 valence electrons. The number of unbranched alkanes of at least 4 members (excludes halogenated alkanes) is 19. The number of carbonyl (C=O) groups excluding carboxylic acids is 2. The van der Waals surface area contributed by atoms with Gasteiger partial charge in [0.25, 0.3) is 0 Å². The minimum Gasteiger partial charge on any atom is -0.462 e. The highest BCUT2D eigenvalue weighted by molar-refractivity contribution is 7.47. The second kappa shape index (κ2) is 32.5.